The molecule has 0 aliphatic carbocycles. The maximum atomic E-state index is 6.39. The van der Waals surface area contributed by atoms with Crippen LogP contribution in [0.3, 0.4) is 0 Å². The molecule has 2 aromatic carbocycles. The van der Waals surface area contributed by atoms with Crippen molar-refractivity contribution in [1.82, 2.24) is 10.3 Å². The topological polar surface area (TPSA) is 41.3 Å². The smallest absolute Gasteiger partial charge is 0.174 e. The molecule has 4 aromatic rings. The highest BCUT2D eigenvalue weighted by Gasteiger charge is 2.42. The number of halogens is 1. The fourth-order valence-corrected chi connectivity index (χ4v) is 4.76. The number of benzene rings is 2. The molecule has 0 amide bonds. The molecule has 2 aromatic heterocycles. The van der Waals surface area contributed by atoms with Crippen LogP contribution in [0.4, 0.5) is 5.69 Å². The summed E-state index contributed by atoms with van der Waals surface area (Å²) < 4.78 is 6.39. The van der Waals surface area contributed by atoms with Gasteiger partial charge in [0.15, 0.2) is 5.11 Å². The van der Waals surface area contributed by atoms with E-state index in [2.05, 4.69) is 47.2 Å². The normalized spacial score (nSPS) is 18.1. The summed E-state index contributed by atoms with van der Waals surface area (Å²) in [4.78, 5) is 6.74. The van der Waals surface area contributed by atoms with E-state index in [9.17, 15) is 0 Å². The maximum absolute atomic E-state index is 6.39. The average molecular weight is 460 g/mol. The zero-order chi connectivity index (χ0) is 22.2. The zero-order valence-electron chi connectivity index (χ0n) is 17.7. The molecule has 1 N–H and O–H groups in total. The Hall–Kier alpha value is -3.15. The van der Waals surface area contributed by atoms with Crippen molar-refractivity contribution >= 4 is 34.6 Å². The maximum Gasteiger partial charge on any atom is 0.174 e. The number of nitrogens with one attached hydrogen (secondary N) is 1. The number of hydrogen-bond acceptors (Lipinski definition) is 3. The molecule has 6 heteroatoms. The van der Waals surface area contributed by atoms with E-state index in [0.29, 0.717) is 10.1 Å². The van der Waals surface area contributed by atoms with Crippen LogP contribution in [-0.2, 0) is 0 Å². The predicted octanol–water partition coefficient (Wildman–Crippen LogP) is 6.79. The van der Waals surface area contributed by atoms with Gasteiger partial charge < -0.3 is 14.6 Å². The Balaban J connectivity index is 1.61. The van der Waals surface area contributed by atoms with E-state index in [-0.39, 0.29) is 12.1 Å². The summed E-state index contributed by atoms with van der Waals surface area (Å²) in [7, 11) is 0. The lowest BCUT2D eigenvalue weighted by Gasteiger charge is -2.26. The van der Waals surface area contributed by atoms with Gasteiger partial charge in [-0.3, -0.25) is 4.98 Å². The van der Waals surface area contributed by atoms with Crippen LogP contribution in [0.25, 0.3) is 11.3 Å². The van der Waals surface area contributed by atoms with Gasteiger partial charge in [0.1, 0.15) is 17.6 Å². The molecule has 2 atom stereocenters. The highest BCUT2D eigenvalue weighted by molar-refractivity contribution is 7.80. The molecule has 1 aliphatic heterocycles. The van der Waals surface area contributed by atoms with Gasteiger partial charge in [-0.1, -0.05) is 23.7 Å². The molecule has 160 valence electrons. The number of aryl methyl sites for hydroxylation is 2. The largest absolute Gasteiger partial charge is 0.459 e. The van der Waals surface area contributed by atoms with Crippen molar-refractivity contribution in [2.75, 3.05) is 4.90 Å². The third-order valence-corrected chi connectivity index (χ3v) is 6.20. The SMILES string of the molecule is Cc1cc(C)cc(N2C(=S)N[C@@H](c3ccccn3)[C@@H]2c2ccc(-c3ccc(Cl)cc3)o2)c1. The molecule has 32 heavy (non-hydrogen) atoms. The van der Waals surface area contributed by atoms with Crippen molar-refractivity contribution < 1.29 is 4.42 Å². The molecular weight excluding hydrogens is 438 g/mol. The summed E-state index contributed by atoms with van der Waals surface area (Å²) in [6, 6.07) is 23.7. The second-order valence-electron chi connectivity index (χ2n) is 8.05. The van der Waals surface area contributed by atoms with Crippen LogP contribution >= 0.6 is 23.8 Å². The van der Waals surface area contributed by atoms with Crippen LogP contribution in [0.5, 0.6) is 0 Å². The van der Waals surface area contributed by atoms with Gasteiger partial charge in [-0.2, -0.15) is 0 Å². The summed E-state index contributed by atoms with van der Waals surface area (Å²) >= 11 is 11.9. The summed E-state index contributed by atoms with van der Waals surface area (Å²) in [5.74, 6) is 1.60. The minimum atomic E-state index is -0.181. The first-order chi connectivity index (χ1) is 15.5. The van der Waals surface area contributed by atoms with Crippen LogP contribution < -0.4 is 10.2 Å². The Bertz CT molecular complexity index is 1250. The first-order valence-electron chi connectivity index (χ1n) is 10.4. The number of rotatable bonds is 4. The lowest BCUT2D eigenvalue weighted by molar-refractivity contribution is 0.439. The lowest BCUT2D eigenvalue weighted by Crippen LogP contribution is -2.29. The second-order valence-corrected chi connectivity index (χ2v) is 8.87. The number of aromatic nitrogens is 1. The molecule has 5 rings (SSSR count). The van der Waals surface area contributed by atoms with Crippen LogP contribution in [0, 0.1) is 13.8 Å². The average Bonchev–Trinajstić information content (AvgIpc) is 3.39. The zero-order valence-corrected chi connectivity index (χ0v) is 19.3. The van der Waals surface area contributed by atoms with E-state index in [4.69, 9.17) is 28.2 Å². The van der Waals surface area contributed by atoms with E-state index in [0.717, 1.165) is 28.5 Å². The third-order valence-electron chi connectivity index (χ3n) is 5.63. The molecule has 1 aliphatic rings. The highest BCUT2D eigenvalue weighted by Crippen LogP contribution is 2.43. The summed E-state index contributed by atoms with van der Waals surface area (Å²) in [5, 5.41) is 4.83. The Morgan fingerprint density at radius 1 is 0.969 bits per heavy atom. The van der Waals surface area contributed by atoms with Crippen LogP contribution in [0.1, 0.15) is 34.7 Å². The van der Waals surface area contributed by atoms with Crippen molar-refractivity contribution in [2.45, 2.75) is 25.9 Å². The molecule has 0 bridgehead atoms. The monoisotopic (exact) mass is 459 g/mol. The third kappa shape index (κ3) is 3.90. The van der Waals surface area contributed by atoms with Crippen molar-refractivity contribution in [1.29, 1.82) is 0 Å². The van der Waals surface area contributed by atoms with Gasteiger partial charge in [-0.25, -0.2) is 0 Å². The van der Waals surface area contributed by atoms with Crippen molar-refractivity contribution in [3.8, 4) is 11.3 Å². The minimum Gasteiger partial charge on any atom is -0.459 e. The number of anilines is 1. The number of nitrogens with zero attached hydrogens (tertiary/aromatic N) is 2. The quantitative estimate of drug-likeness (QED) is 0.340. The fourth-order valence-electron chi connectivity index (χ4n) is 4.29. The summed E-state index contributed by atoms with van der Waals surface area (Å²) in [5.41, 5.74) is 5.29. The molecular formula is C26H22ClN3OS. The Kier molecular flexibility index (Phi) is 5.45. The second kappa shape index (κ2) is 8.41. The molecule has 1 fully saturated rings. The molecule has 3 heterocycles. The summed E-state index contributed by atoms with van der Waals surface area (Å²) in [6.45, 7) is 4.19. The molecule has 0 radical (unpaired) electrons. The highest BCUT2D eigenvalue weighted by atomic mass is 35.5. The van der Waals surface area contributed by atoms with Crippen molar-refractivity contribution in [3.05, 3.63) is 107 Å². The summed E-state index contributed by atoms with van der Waals surface area (Å²) in [6.07, 6.45) is 1.80. The molecule has 0 spiro atoms. The van der Waals surface area contributed by atoms with Crippen LogP contribution in [-0.4, -0.2) is 10.1 Å². The van der Waals surface area contributed by atoms with E-state index in [1.807, 2.05) is 54.6 Å². The van der Waals surface area contributed by atoms with E-state index in [1.165, 1.54) is 11.1 Å². The predicted molar refractivity (Wildman–Crippen MR) is 133 cm³/mol. The standard InChI is InChI=1S/C26H22ClN3OS/c1-16-13-17(2)15-20(14-16)30-25(24(29-26(30)32)21-5-3-4-12-28-21)23-11-10-22(31-23)18-6-8-19(27)9-7-18/h3-15,24-25H,1-2H3,(H,29,32)/t24-,25-/m0/s1. The Morgan fingerprint density at radius 2 is 1.72 bits per heavy atom. The first kappa shape index (κ1) is 20.7. The van der Waals surface area contributed by atoms with Gasteiger partial charge in [-0.15, -0.1) is 0 Å². The van der Waals surface area contributed by atoms with Gasteiger partial charge in [0.2, 0.25) is 0 Å². The van der Waals surface area contributed by atoms with Gasteiger partial charge in [-0.05, 0) is 97.9 Å². The van der Waals surface area contributed by atoms with Gasteiger partial charge in [0, 0.05) is 22.5 Å². The lowest BCUT2D eigenvalue weighted by atomic mass is 10.0. The van der Waals surface area contributed by atoms with Crippen molar-refractivity contribution in [3.63, 3.8) is 0 Å². The Morgan fingerprint density at radius 3 is 2.41 bits per heavy atom. The van der Waals surface area contributed by atoms with Gasteiger partial charge in [0.05, 0.1) is 11.7 Å². The fraction of sp³-hybridized carbons (Fsp3) is 0.154. The molecule has 0 unspecified atom stereocenters. The molecule has 1 saturated heterocycles. The number of pyridine rings is 1. The molecule has 0 saturated carbocycles. The van der Waals surface area contributed by atoms with Crippen molar-refractivity contribution in [2.24, 2.45) is 0 Å². The minimum absolute atomic E-state index is 0.145. The first-order valence-corrected chi connectivity index (χ1v) is 11.2. The van der Waals surface area contributed by atoms with E-state index >= 15 is 0 Å². The van der Waals surface area contributed by atoms with E-state index in [1.54, 1.807) is 6.20 Å². The van der Waals surface area contributed by atoms with Crippen LogP contribution in [0.2, 0.25) is 5.02 Å². The van der Waals surface area contributed by atoms with Gasteiger partial charge >= 0.3 is 0 Å². The molecule has 4 nitrogen and oxygen atoms in total. The van der Waals surface area contributed by atoms with Crippen LogP contribution in [0.15, 0.2) is 83.4 Å². The number of hydrogen-bond donors (Lipinski definition) is 1. The Labute approximate surface area is 197 Å². The number of thiocarbonyl (C=S) groups is 1. The van der Waals surface area contributed by atoms with Gasteiger partial charge in [0.25, 0.3) is 0 Å². The van der Waals surface area contributed by atoms with E-state index < -0.39 is 0 Å². The number of furan rings is 1.